The van der Waals surface area contributed by atoms with Crippen molar-refractivity contribution in [1.29, 1.82) is 0 Å². The number of fused-ring (bicyclic) bond motifs is 1. The van der Waals surface area contributed by atoms with Crippen molar-refractivity contribution in [1.82, 2.24) is 24.1 Å². The van der Waals surface area contributed by atoms with Crippen molar-refractivity contribution in [2.75, 3.05) is 5.32 Å². The van der Waals surface area contributed by atoms with E-state index in [2.05, 4.69) is 20.4 Å². The van der Waals surface area contributed by atoms with Gasteiger partial charge in [-0.05, 0) is 55.0 Å². The second-order valence-electron chi connectivity index (χ2n) is 7.48. The number of rotatable bonds is 4. The van der Waals surface area contributed by atoms with Crippen LogP contribution < -0.4 is 5.32 Å². The molecule has 2 aromatic carbocycles. The van der Waals surface area contributed by atoms with Crippen molar-refractivity contribution < 1.29 is 9.18 Å². The zero-order valence-corrected chi connectivity index (χ0v) is 17.5. The smallest absolute Gasteiger partial charge is 0.273 e. The molecular weight excluding hydrogens is 407 g/mol. The molecule has 8 heteroatoms. The van der Waals surface area contributed by atoms with Gasteiger partial charge in [0.2, 0.25) is 5.78 Å². The minimum atomic E-state index is -0.320. The number of hydrogen-bond acceptors (Lipinski definition) is 4. The van der Waals surface area contributed by atoms with E-state index >= 15 is 0 Å². The van der Waals surface area contributed by atoms with Crippen molar-refractivity contribution in [2.45, 2.75) is 6.92 Å². The third kappa shape index (κ3) is 3.62. The Morgan fingerprint density at radius 3 is 2.59 bits per heavy atom. The highest BCUT2D eigenvalue weighted by molar-refractivity contribution is 6.04. The molecule has 0 aliphatic heterocycles. The predicted octanol–water partition coefficient (Wildman–Crippen LogP) is 4.50. The Kier molecular flexibility index (Phi) is 4.74. The molecule has 0 saturated carbocycles. The summed E-state index contributed by atoms with van der Waals surface area (Å²) in [6.45, 7) is 1.93. The first kappa shape index (κ1) is 19.6. The van der Waals surface area contributed by atoms with E-state index < -0.39 is 0 Å². The fourth-order valence-corrected chi connectivity index (χ4v) is 3.51. The number of imidazole rings is 1. The van der Waals surface area contributed by atoms with Crippen LogP contribution in [-0.4, -0.2) is 30.1 Å². The van der Waals surface area contributed by atoms with Crippen LogP contribution >= 0.6 is 0 Å². The monoisotopic (exact) mass is 426 g/mol. The van der Waals surface area contributed by atoms with E-state index in [1.807, 2.05) is 48.0 Å². The number of nitrogens with zero attached hydrogens (tertiary/aromatic N) is 5. The molecule has 0 atom stereocenters. The van der Waals surface area contributed by atoms with Gasteiger partial charge in [-0.3, -0.25) is 13.9 Å². The predicted molar refractivity (Wildman–Crippen MR) is 120 cm³/mol. The van der Waals surface area contributed by atoms with Crippen molar-refractivity contribution in [2.24, 2.45) is 7.05 Å². The zero-order valence-electron chi connectivity index (χ0n) is 17.5. The molecule has 3 aromatic heterocycles. The van der Waals surface area contributed by atoms with Crippen molar-refractivity contribution in [3.8, 4) is 22.5 Å². The van der Waals surface area contributed by atoms with Crippen molar-refractivity contribution in [3.05, 3.63) is 90.3 Å². The second kappa shape index (κ2) is 7.73. The van der Waals surface area contributed by atoms with E-state index in [0.717, 1.165) is 22.4 Å². The first-order chi connectivity index (χ1) is 15.5. The van der Waals surface area contributed by atoms with Gasteiger partial charge in [-0.2, -0.15) is 5.10 Å². The summed E-state index contributed by atoms with van der Waals surface area (Å²) < 4.78 is 16.6. The van der Waals surface area contributed by atoms with Crippen LogP contribution in [0.2, 0.25) is 0 Å². The van der Waals surface area contributed by atoms with Gasteiger partial charge in [-0.25, -0.2) is 14.4 Å². The van der Waals surface area contributed by atoms with Crippen molar-refractivity contribution in [3.63, 3.8) is 0 Å². The van der Waals surface area contributed by atoms with E-state index in [4.69, 9.17) is 0 Å². The van der Waals surface area contributed by atoms with Crippen LogP contribution in [0.1, 0.15) is 16.1 Å². The zero-order chi connectivity index (χ0) is 22.2. The van der Waals surface area contributed by atoms with Crippen molar-refractivity contribution >= 4 is 17.4 Å². The molecule has 7 nitrogen and oxygen atoms in total. The molecule has 0 aliphatic rings. The standard InChI is InChI=1S/C24H19FN6O/c1-15-4-5-17(21-14-31-11-3-10-26-24(31)28-21)12-19(15)27-23(32)22-13-20(29-30(22)2)16-6-8-18(25)9-7-16/h3-14H,1-2H3,(H,27,32). The third-order valence-electron chi connectivity index (χ3n) is 5.27. The van der Waals surface area contributed by atoms with Crippen LogP contribution in [0.4, 0.5) is 10.1 Å². The Morgan fingerprint density at radius 1 is 1.03 bits per heavy atom. The highest BCUT2D eigenvalue weighted by Gasteiger charge is 2.16. The molecule has 5 rings (SSSR count). The summed E-state index contributed by atoms with van der Waals surface area (Å²) in [5.41, 5.74) is 4.96. The number of aromatic nitrogens is 5. The lowest BCUT2D eigenvalue weighted by Crippen LogP contribution is -2.16. The Bertz CT molecular complexity index is 1420. The number of aryl methyl sites for hydroxylation is 2. The number of nitrogens with one attached hydrogen (secondary N) is 1. The Balaban J connectivity index is 1.43. The quantitative estimate of drug-likeness (QED) is 0.459. The molecule has 1 amide bonds. The van der Waals surface area contributed by atoms with Crippen LogP contribution in [0.3, 0.4) is 0 Å². The largest absolute Gasteiger partial charge is 0.320 e. The number of carbonyl (C=O) groups excluding carboxylic acids is 1. The summed E-state index contributed by atoms with van der Waals surface area (Å²) in [6.07, 6.45) is 5.48. The topological polar surface area (TPSA) is 77.1 Å². The van der Waals surface area contributed by atoms with Gasteiger partial charge in [0.15, 0.2) is 0 Å². The Labute approximate surface area is 183 Å². The van der Waals surface area contributed by atoms with Gasteiger partial charge in [0.25, 0.3) is 5.91 Å². The molecule has 0 unspecified atom stereocenters. The fraction of sp³-hybridized carbons (Fsp3) is 0.0833. The average Bonchev–Trinajstić information content (AvgIpc) is 3.39. The van der Waals surface area contributed by atoms with Crippen LogP contribution in [0.5, 0.6) is 0 Å². The highest BCUT2D eigenvalue weighted by Crippen LogP contribution is 2.26. The summed E-state index contributed by atoms with van der Waals surface area (Å²) in [7, 11) is 1.70. The van der Waals surface area contributed by atoms with E-state index in [-0.39, 0.29) is 11.7 Å². The minimum Gasteiger partial charge on any atom is -0.320 e. The molecule has 0 fully saturated rings. The van der Waals surface area contributed by atoms with Gasteiger partial charge in [0.1, 0.15) is 11.5 Å². The van der Waals surface area contributed by atoms with Gasteiger partial charge in [-0.1, -0.05) is 12.1 Å². The first-order valence-corrected chi connectivity index (χ1v) is 10.00. The maximum atomic E-state index is 13.2. The molecule has 0 aliphatic carbocycles. The van der Waals surface area contributed by atoms with Gasteiger partial charge in [0, 0.05) is 42.5 Å². The molecule has 1 N–H and O–H groups in total. The number of hydrogen-bond donors (Lipinski definition) is 1. The van der Waals surface area contributed by atoms with E-state index in [9.17, 15) is 9.18 Å². The Morgan fingerprint density at radius 2 is 1.81 bits per heavy atom. The van der Waals surface area contributed by atoms with Gasteiger partial charge in [-0.15, -0.1) is 0 Å². The summed E-state index contributed by atoms with van der Waals surface area (Å²) in [6, 6.07) is 15.3. The number of anilines is 1. The normalized spacial score (nSPS) is 11.1. The molecular formula is C24H19FN6O. The second-order valence-corrected chi connectivity index (χ2v) is 7.48. The van der Waals surface area contributed by atoms with E-state index in [1.54, 1.807) is 31.4 Å². The van der Waals surface area contributed by atoms with Gasteiger partial charge >= 0.3 is 0 Å². The average molecular weight is 426 g/mol. The summed E-state index contributed by atoms with van der Waals surface area (Å²) >= 11 is 0. The summed E-state index contributed by atoms with van der Waals surface area (Å²) in [5, 5.41) is 7.37. The number of benzene rings is 2. The number of carbonyl (C=O) groups is 1. The maximum Gasteiger partial charge on any atom is 0.273 e. The molecule has 32 heavy (non-hydrogen) atoms. The molecule has 5 aromatic rings. The Hall–Kier alpha value is -4.33. The maximum absolute atomic E-state index is 13.2. The van der Waals surface area contributed by atoms with Crippen LogP contribution in [0.15, 0.2) is 73.2 Å². The minimum absolute atomic E-state index is 0.287. The molecule has 0 saturated heterocycles. The summed E-state index contributed by atoms with van der Waals surface area (Å²) in [4.78, 5) is 21.8. The molecule has 0 radical (unpaired) electrons. The SMILES string of the molecule is Cc1ccc(-c2cn3cccnc3n2)cc1NC(=O)c1cc(-c2ccc(F)cc2)nn1C. The fourth-order valence-electron chi connectivity index (χ4n) is 3.51. The molecule has 0 spiro atoms. The van der Waals surface area contributed by atoms with Crippen LogP contribution in [-0.2, 0) is 7.05 Å². The first-order valence-electron chi connectivity index (χ1n) is 10.00. The third-order valence-corrected chi connectivity index (χ3v) is 5.27. The lowest BCUT2D eigenvalue weighted by Gasteiger charge is -2.10. The molecule has 3 heterocycles. The number of amides is 1. The number of halogens is 1. The van der Waals surface area contributed by atoms with Crippen LogP contribution in [0.25, 0.3) is 28.3 Å². The highest BCUT2D eigenvalue weighted by atomic mass is 19.1. The van der Waals surface area contributed by atoms with Gasteiger partial charge in [0.05, 0.1) is 11.4 Å². The van der Waals surface area contributed by atoms with E-state index in [1.165, 1.54) is 16.8 Å². The molecule has 158 valence electrons. The lowest BCUT2D eigenvalue weighted by atomic mass is 10.1. The summed E-state index contributed by atoms with van der Waals surface area (Å²) in [5.74, 6) is 0.00143. The van der Waals surface area contributed by atoms with Crippen LogP contribution in [0, 0.1) is 12.7 Å². The van der Waals surface area contributed by atoms with Gasteiger partial charge < -0.3 is 5.32 Å². The lowest BCUT2D eigenvalue weighted by molar-refractivity contribution is 0.101. The van der Waals surface area contributed by atoms with E-state index in [0.29, 0.717) is 22.9 Å². The molecule has 0 bridgehead atoms.